The lowest BCUT2D eigenvalue weighted by atomic mass is 10.0. The Labute approximate surface area is 160 Å². The van der Waals surface area contributed by atoms with E-state index in [0.29, 0.717) is 11.1 Å². The van der Waals surface area contributed by atoms with E-state index in [1.165, 1.54) is 17.3 Å². The number of rotatable bonds is 4. The first-order chi connectivity index (χ1) is 12.2. The number of carbonyl (C=O) groups is 1. The minimum atomic E-state index is -3.04. The summed E-state index contributed by atoms with van der Waals surface area (Å²) in [6.45, 7) is 8.11. The van der Waals surface area contributed by atoms with Crippen LogP contribution in [0.2, 0.25) is 0 Å². The molecule has 0 saturated carbocycles. The largest absolute Gasteiger partial charge is 0.316 e. The van der Waals surface area contributed by atoms with Gasteiger partial charge in [0, 0.05) is 16.9 Å². The standard InChI is InChI=1S/C19H26N2O3S2/c1-5-13(4)18(22)20-19-21(15-8-6-14(7-9-15)12(2)3)16-10-26(23,24)11-17(16)25-19/h6-9,12-13,16-17H,5,10-11H2,1-4H3/t13-,16-,17-/m0/s1. The van der Waals surface area contributed by atoms with Crippen LogP contribution < -0.4 is 4.90 Å². The van der Waals surface area contributed by atoms with Crippen LogP contribution >= 0.6 is 11.8 Å². The fourth-order valence-corrected chi connectivity index (χ4v) is 7.18. The van der Waals surface area contributed by atoms with Crippen molar-refractivity contribution < 1.29 is 13.2 Å². The van der Waals surface area contributed by atoms with Crippen LogP contribution in [0.5, 0.6) is 0 Å². The highest BCUT2D eigenvalue weighted by Crippen LogP contribution is 2.41. The molecular weight excluding hydrogens is 368 g/mol. The normalized spacial score (nSPS) is 27.1. The Hall–Kier alpha value is -1.34. The monoisotopic (exact) mass is 394 g/mol. The molecule has 3 atom stereocenters. The molecule has 2 aliphatic heterocycles. The van der Waals surface area contributed by atoms with Gasteiger partial charge in [-0.1, -0.05) is 51.6 Å². The number of aliphatic imine (C=N–C) groups is 1. The molecule has 1 aromatic rings. The van der Waals surface area contributed by atoms with Crippen LogP contribution in [0.3, 0.4) is 0 Å². The van der Waals surface area contributed by atoms with E-state index in [2.05, 4.69) is 31.0 Å². The van der Waals surface area contributed by atoms with Crippen LogP contribution in [-0.4, -0.2) is 42.3 Å². The van der Waals surface area contributed by atoms with Crippen LogP contribution in [0, 0.1) is 5.92 Å². The molecule has 26 heavy (non-hydrogen) atoms. The van der Waals surface area contributed by atoms with Crippen molar-refractivity contribution in [2.45, 2.75) is 51.3 Å². The van der Waals surface area contributed by atoms with Gasteiger partial charge in [0.2, 0.25) is 0 Å². The lowest BCUT2D eigenvalue weighted by Gasteiger charge is -2.25. The van der Waals surface area contributed by atoms with E-state index in [1.54, 1.807) is 0 Å². The number of fused-ring (bicyclic) bond motifs is 1. The van der Waals surface area contributed by atoms with Crippen molar-refractivity contribution in [1.29, 1.82) is 0 Å². The van der Waals surface area contributed by atoms with Crippen molar-refractivity contribution in [3.63, 3.8) is 0 Å². The molecule has 1 amide bonds. The van der Waals surface area contributed by atoms with Gasteiger partial charge in [-0.15, -0.1) is 0 Å². The van der Waals surface area contributed by atoms with E-state index in [-0.39, 0.29) is 34.6 Å². The Bertz CT molecular complexity index is 816. The van der Waals surface area contributed by atoms with Crippen molar-refractivity contribution in [2.75, 3.05) is 16.4 Å². The van der Waals surface area contributed by atoms with Gasteiger partial charge in [0.05, 0.1) is 17.5 Å². The molecule has 0 aliphatic carbocycles. The number of benzene rings is 1. The van der Waals surface area contributed by atoms with Crippen molar-refractivity contribution in [3.8, 4) is 0 Å². The Kier molecular flexibility index (Phi) is 5.49. The second-order valence-corrected chi connectivity index (χ2v) is 10.8. The molecule has 5 nitrogen and oxygen atoms in total. The van der Waals surface area contributed by atoms with Crippen LogP contribution in [-0.2, 0) is 14.6 Å². The van der Waals surface area contributed by atoms with Crippen LogP contribution in [0.4, 0.5) is 5.69 Å². The lowest BCUT2D eigenvalue weighted by molar-refractivity contribution is -0.121. The number of anilines is 1. The smallest absolute Gasteiger partial charge is 0.250 e. The minimum Gasteiger partial charge on any atom is -0.316 e. The van der Waals surface area contributed by atoms with Gasteiger partial charge in [-0.05, 0) is 30.0 Å². The molecule has 2 heterocycles. The number of thioether (sulfide) groups is 1. The highest BCUT2D eigenvalue weighted by Gasteiger charge is 2.49. The Morgan fingerprint density at radius 2 is 1.88 bits per heavy atom. The summed E-state index contributed by atoms with van der Waals surface area (Å²) in [6.07, 6.45) is 0.741. The molecule has 1 aromatic carbocycles. The maximum absolute atomic E-state index is 12.4. The average Bonchev–Trinajstić information content (AvgIpc) is 3.04. The zero-order valence-electron chi connectivity index (χ0n) is 15.7. The quantitative estimate of drug-likeness (QED) is 0.782. The molecule has 2 fully saturated rings. The summed E-state index contributed by atoms with van der Waals surface area (Å²) in [6, 6.07) is 7.99. The van der Waals surface area contributed by atoms with Gasteiger partial charge < -0.3 is 4.90 Å². The molecule has 2 saturated heterocycles. The van der Waals surface area contributed by atoms with E-state index in [0.717, 1.165) is 12.1 Å². The average molecular weight is 395 g/mol. The maximum atomic E-state index is 12.4. The van der Waals surface area contributed by atoms with Gasteiger partial charge in [0.1, 0.15) is 0 Å². The molecule has 0 bridgehead atoms. The molecule has 0 radical (unpaired) electrons. The van der Waals surface area contributed by atoms with E-state index in [1.807, 2.05) is 30.9 Å². The molecule has 7 heteroatoms. The van der Waals surface area contributed by atoms with E-state index >= 15 is 0 Å². The Morgan fingerprint density at radius 3 is 2.46 bits per heavy atom. The first-order valence-corrected chi connectivity index (χ1v) is 11.8. The van der Waals surface area contributed by atoms with E-state index < -0.39 is 9.84 Å². The predicted molar refractivity (Wildman–Crippen MR) is 109 cm³/mol. The van der Waals surface area contributed by atoms with Crippen molar-refractivity contribution in [1.82, 2.24) is 0 Å². The second kappa shape index (κ2) is 7.35. The van der Waals surface area contributed by atoms with Crippen LogP contribution in [0.15, 0.2) is 29.3 Å². The molecule has 0 N–H and O–H groups in total. The zero-order chi connectivity index (χ0) is 19.1. The molecule has 0 unspecified atom stereocenters. The molecule has 3 rings (SSSR count). The third kappa shape index (κ3) is 3.83. The summed E-state index contributed by atoms with van der Waals surface area (Å²) in [5, 5.41) is 0.575. The summed E-state index contributed by atoms with van der Waals surface area (Å²) in [5.74, 6) is 0.433. The summed E-state index contributed by atoms with van der Waals surface area (Å²) in [4.78, 5) is 18.7. The maximum Gasteiger partial charge on any atom is 0.250 e. The number of sulfone groups is 1. The van der Waals surface area contributed by atoms with Gasteiger partial charge in [-0.2, -0.15) is 4.99 Å². The Morgan fingerprint density at radius 1 is 1.23 bits per heavy atom. The predicted octanol–water partition coefficient (Wildman–Crippen LogP) is 3.46. The first kappa shape index (κ1) is 19.4. The van der Waals surface area contributed by atoms with E-state index in [9.17, 15) is 13.2 Å². The number of hydrogen-bond acceptors (Lipinski definition) is 4. The highest BCUT2D eigenvalue weighted by atomic mass is 32.2. The second-order valence-electron chi connectivity index (χ2n) is 7.46. The Balaban J connectivity index is 1.97. The summed E-state index contributed by atoms with van der Waals surface area (Å²) in [5.41, 5.74) is 2.13. The summed E-state index contributed by atoms with van der Waals surface area (Å²) in [7, 11) is -3.04. The van der Waals surface area contributed by atoms with Crippen LogP contribution in [0.25, 0.3) is 0 Å². The van der Waals surface area contributed by atoms with Gasteiger partial charge in [-0.3, -0.25) is 4.79 Å². The van der Waals surface area contributed by atoms with Crippen molar-refractivity contribution >= 4 is 38.4 Å². The number of carbonyl (C=O) groups excluding carboxylic acids is 1. The van der Waals surface area contributed by atoms with Gasteiger partial charge in [0.15, 0.2) is 15.0 Å². The fourth-order valence-electron chi connectivity index (χ4n) is 3.27. The third-order valence-electron chi connectivity index (χ3n) is 5.14. The molecule has 142 valence electrons. The summed E-state index contributed by atoms with van der Waals surface area (Å²) < 4.78 is 24.2. The SMILES string of the molecule is CC[C@H](C)C(=O)N=C1S[C@H]2CS(=O)(=O)C[C@@H]2N1c1ccc(C(C)C)cc1. The van der Waals surface area contributed by atoms with Gasteiger partial charge >= 0.3 is 0 Å². The minimum absolute atomic E-state index is 0.0618. The fraction of sp³-hybridized carbons (Fsp3) is 0.579. The number of amides is 1. The van der Waals surface area contributed by atoms with E-state index in [4.69, 9.17) is 0 Å². The lowest BCUT2D eigenvalue weighted by Crippen LogP contribution is -2.37. The number of amidine groups is 1. The topological polar surface area (TPSA) is 66.8 Å². The molecule has 2 aliphatic rings. The van der Waals surface area contributed by atoms with Crippen molar-refractivity contribution in [3.05, 3.63) is 29.8 Å². The molecule has 0 aromatic heterocycles. The van der Waals surface area contributed by atoms with Gasteiger partial charge in [0.25, 0.3) is 5.91 Å². The zero-order valence-corrected chi connectivity index (χ0v) is 17.3. The van der Waals surface area contributed by atoms with Crippen molar-refractivity contribution in [2.24, 2.45) is 10.9 Å². The van der Waals surface area contributed by atoms with Crippen LogP contribution in [0.1, 0.15) is 45.6 Å². The first-order valence-electron chi connectivity index (χ1n) is 9.10. The summed E-state index contributed by atoms with van der Waals surface area (Å²) >= 11 is 1.43. The van der Waals surface area contributed by atoms with Gasteiger partial charge in [-0.25, -0.2) is 8.42 Å². The number of hydrogen-bond donors (Lipinski definition) is 0. The highest BCUT2D eigenvalue weighted by molar-refractivity contribution is 8.16. The number of nitrogens with zero attached hydrogens (tertiary/aromatic N) is 2. The molecule has 0 spiro atoms. The molecular formula is C19H26N2O3S2. The third-order valence-corrected chi connectivity index (χ3v) is 8.35.